The number of aromatic nitrogens is 2. The summed E-state index contributed by atoms with van der Waals surface area (Å²) in [5, 5.41) is 15.8. The zero-order valence-corrected chi connectivity index (χ0v) is 23.2. The fourth-order valence-electron chi connectivity index (χ4n) is 4.69. The van der Waals surface area contributed by atoms with E-state index in [1.807, 2.05) is 65.9 Å². The SMILES string of the molecule is COC(=O)c1ccc(-c2nc3cc(C(=O)NC(CC(=O)O)c4ccc(C)cc4)ccn3c2NCc2ccccc2)cc1. The number of aliphatic carboxylic acids is 1. The molecule has 3 aromatic carbocycles. The van der Waals surface area contributed by atoms with Crippen molar-refractivity contribution in [3.8, 4) is 11.3 Å². The van der Waals surface area contributed by atoms with E-state index in [0.29, 0.717) is 34.6 Å². The van der Waals surface area contributed by atoms with Crippen LogP contribution in [0.1, 0.15) is 49.9 Å². The van der Waals surface area contributed by atoms with E-state index in [2.05, 4.69) is 10.6 Å². The molecule has 0 radical (unpaired) electrons. The Hall–Kier alpha value is -5.44. The van der Waals surface area contributed by atoms with Crippen LogP contribution in [0, 0.1) is 6.92 Å². The largest absolute Gasteiger partial charge is 0.481 e. The number of aryl methyl sites for hydroxylation is 1. The summed E-state index contributed by atoms with van der Waals surface area (Å²) in [4.78, 5) is 41.7. The van der Waals surface area contributed by atoms with Gasteiger partial charge in [-0.2, -0.15) is 0 Å². The van der Waals surface area contributed by atoms with Crippen LogP contribution in [0.3, 0.4) is 0 Å². The number of fused-ring (bicyclic) bond motifs is 1. The number of carbonyl (C=O) groups excluding carboxylic acids is 2. The highest BCUT2D eigenvalue weighted by Gasteiger charge is 2.21. The summed E-state index contributed by atoms with van der Waals surface area (Å²) < 4.78 is 6.68. The lowest BCUT2D eigenvalue weighted by Crippen LogP contribution is -2.30. The summed E-state index contributed by atoms with van der Waals surface area (Å²) in [6.45, 7) is 2.48. The lowest BCUT2D eigenvalue weighted by Gasteiger charge is -2.18. The molecule has 0 saturated carbocycles. The Kier molecular flexibility index (Phi) is 8.29. The van der Waals surface area contributed by atoms with Crippen LogP contribution < -0.4 is 10.6 Å². The van der Waals surface area contributed by atoms with Crippen molar-refractivity contribution in [2.75, 3.05) is 12.4 Å². The summed E-state index contributed by atoms with van der Waals surface area (Å²) in [7, 11) is 1.34. The summed E-state index contributed by atoms with van der Waals surface area (Å²) in [6.07, 6.45) is 1.51. The van der Waals surface area contributed by atoms with Gasteiger partial charge in [0.1, 0.15) is 17.2 Å². The first-order valence-corrected chi connectivity index (χ1v) is 13.4. The summed E-state index contributed by atoms with van der Waals surface area (Å²) in [6, 6.07) is 27.0. The van der Waals surface area contributed by atoms with Gasteiger partial charge in [0.05, 0.1) is 25.1 Å². The van der Waals surface area contributed by atoms with Crippen LogP contribution in [0.25, 0.3) is 16.9 Å². The molecule has 0 bridgehead atoms. The van der Waals surface area contributed by atoms with Gasteiger partial charge >= 0.3 is 11.9 Å². The molecule has 1 amide bonds. The minimum atomic E-state index is -1.01. The predicted molar refractivity (Wildman–Crippen MR) is 159 cm³/mol. The molecule has 3 N–H and O–H groups in total. The van der Waals surface area contributed by atoms with Gasteiger partial charge in [-0.05, 0) is 42.3 Å². The smallest absolute Gasteiger partial charge is 0.337 e. The monoisotopic (exact) mass is 562 g/mol. The van der Waals surface area contributed by atoms with Crippen molar-refractivity contribution in [1.29, 1.82) is 0 Å². The third-order valence-corrected chi connectivity index (χ3v) is 6.93. The molecule has 9 nitrogen and oxygen atoms in total. The van der Waals surface area contributed by atoms with E-state index >= 15 is 0 Å². The van der Waals surface area contributed by atoms with E-state index in [-0.39, 0.29) is 6.42 Å². The van der Waals surface area contributed by atoms with Gasteiger partial charge in [0, 0.05) is 23.9 Å². The van der Waals surface area contributed by atoms with Gasteiger partial charge in [-0.25, -0.2) is 9.78 Å². The molecule has 2 aromatic heterocycles. The van der Waals surface area contributed by atoms with Crippen LogP contribution in [-0.4, -0.2) is 39.4 Å². The van der Waals surface area contributed by atoms with Crippen LogP contribution in [0.15, 0.2) is 97.2 Å². The second-order valence-corrected chi connectivity index (χ2v) is 9.90. The highest BCUT2D eigenvalue weighted by molar-refractivity contribution is 5.96. The molecule has 5 aromatic rings. The average Bonchev–Trinajstić information content (AvgIpc) is 3.37. The normalized spacial score (nSPS) is 11.6. The Balaban J connectivity index is 1.48. The zero-order valence-electron chi connectivity index (χ0n) is 23.2. The molecule has 1 atom stereocenters. The maximum absolute atomic E-state index is 13.3. The zero-order chi connectivity index (χ0) is 29.6. The van der Waals surface area contributed by atoms with Gasteiger partial charge in [0.2, 0.25) is 0 Å². The molecule has 0 aliphatic carbocycles. The van der Waals surface area contributed by atoms with Crippen molar-refractivity contribution in [2.45, 2.75) is 25.9 Å². The van der Waals surface area contributed by atoms with Crippen molar-refractivity contribution < 1.29 is 24.2 Å². The first-order chi connectivity index (χ1) is 20.3. The number of carboxylic acid groups (broad SMARTS) is 1. The number of methoxy groups -OCH3 is 1. The van der Waals surface area contributed by atoms with Crippen molar-refractivity contribution in [1.82, 2.24) is 14.7 Å². The Morgan fingerprint density at radius 3 is 2.31 bits per heavy atom. The van der Waals surface area contributed by atoms with E-state index in [9.17, 15) is 19.5 Å². The second kappa shape index (κ2) is 12.4. The number of pyridine rings is 1. The molecule has 0 aliphatic heterocycles. The molecule has 0 fully saturated rings. The first-order valence-electron chi connectivity index (χ1n) is 13.4. The molecule has 0 aliphatic rings. The molecule has 1 unspecified atom stereocenters. The van der Waals surface area contributed by atoms with E-state index in [1.165, 1.54) is 7.11 Å². The predicted octanol–water partition coefficient (Wildman–Crippen LogP) is 5.65. The molecule has 2 heterocycles. The lowest BCUT2D eigenvalue weighted by molar-refractivity contribution is -0.137. The summed E-state index contributed by atoms with van der Waals surface area (Å²) in [5.74, 6) is -1.13. The minimum absolute atomic E-state index is 0.250. The number of esters is 1. The van der Waals surface area contributed by atoms with Crippen LogP contribution in [-0.2, 0) is 16.1 Å². The highest BCUT2D eigenvalue weighted by Crippen LogP contribution is 2.30. The summed E-state index contributed by atoms with van der Waals surface area (Å²) in [5.41, 5.74) is 5.53. The highest BCUT2D eigenvalue weighted by atomic mass is 16.5. The Morgan fingerprint density at radius 2 is 1.64 bits per heavy atom. The van der Waals surface area contributed by atoms with Gasteiger partial charge in [-0.15, -0.1) is 0 Å². The van der Waals surface area contributed by atoms with Gasteiger partial charge in [-0.1, -0.05) is 72.3 Å². The van der Waals surface area contributed by atoms with E-state index in [0.717, 1.165) is 22.5 Å². The number of imidazole rings is 1. The number of nitrogens with zero attached hydrogens (tertiary/aromatic N) is 2. The van der Waals surface area contributed by atoms with Crippen molar-refractivity contribution in [3.05, 3.63) is 125 Å². The second-order valence-electron chi connectivity index (χ2n) is 9.90. The van der Waals surface area contributed by atoms with E-state index < -0.39 is 23.9 Å². The molecule has 0 spiro atoms. The maximum Gasteiger partial charge on any atom is 0.337 e. The Labute approximate surface area is 242 Å². The van der Waals surface area contributed by atoms with Gasteiger partial charge in [-0.3, -0.25) is 14.0 Å². The van der Waals surface area contributed by atoms with Crippen molar-refractivity contribution >= 4 is 29.3 Å². The van der Waals surface area contributed by atoms with Crippen LogP contribution >= 0.6 is 0 Å². The number of anilines is 1. The number of hydrogen-bond donors (Lipinski definition) is 3. The van der Waals surface area contributed by atoms with Crippen LogP contribution in [0.5, 0.6) is 0 Å². The number of rotatable bonds is 10. The van der Waals surface area contributed by atoms with Gasteiger partial charge in [0.15, 0.2) is 0 Å². The molecule has 42 heavy (non-hydrogen) atoms. The topological polar surface area (TPSA) is 122 Å². The van der Waals surface area contributed by atoms with Crippen molar-refractivity contribution in [3.63, 3.8) is 0 Å². The Morgan fingerprint density at radius 1 is 0.929 bits per heavy atom. The molecule has 5 rings (SSSR count). The molecular formula is C33H30N4O5. The van der Waals surface area contributed by atoms with Crippen LogP contribution in [0.4, 0.5) is 5.82 Å². The number of amides is 1. The number of benzene rings is 3. The molecular weight excluding hydrogens is 532 g/mol. The lowest BCUT2D eigenvalue weighted by atomic mass is 10.0. The number of nitrogens with one attached hydrogen (secondary N) is 2. The number of ether oxygens (including phenoxy) is 1. The molecule has 9 heteroatoms. The number of carbonyl (C=O) groups is 3. The molecule has 0 saturated heterocycles. The van der Waals surface area contributed by atoms with E-state index in [4.69, 9.17) is 9.72 Å². The number of carboxylic acids is 1. The average molecular weight is 563 g/mol. The quantitative estimate of drug-likeness (QED) is 0.188. The minimum Gasteiger partial charge on any atom is -0.481 e. The molecule has 212 valence electrons. The maximum atomic E-state index is 13.3. The summed E-state index contributed by atoms with van der Waals surface area (Å²) >= 11 is 0. The fourth-order valence-corrected chi connectivity index (χ4v) is 4.69. The van der Waals surface area contributed by atoms with Gasteiger partial charge in [0.25, 0.3) is 5.91 Å². The number of hydrogen-bond acceptors (Lipinski definition) is 6. The van der Waals surface area contributed by atoms with Crippen LogP contribution in [0.2, 0.25) is 0 Å². The van der Waals surface area contributed by atoms with Crippen molar-refractivity contribution in [2.24, 2.45) is 0 Å². The van der Waals surface area contributed by atoms with Gasteiger partial charge < -0.3 is 20.5 Å². The van der Waals surface area contributed by atoms with E-state index in [1.54, 1.807) is 42.6 Å². The third-order valence-electron chi connectivity index (χ3n) is 6.93. The Bertz CT molecular complexity index is 1730. The standard InChI is InChI=1S/C33H30N4O5/c1-21-8-10-23(11-9-21)27(19-29(38)39)35-32(40)26-16-17-37-28(18-26)36-30(24-12-14-25(15-13-24)33(41)42-2)31(37)34-20-22-6-4-3-5-7-22/h3-18,27,34H,19-20H2,1-2H3,(H,35,40)(H,38,39). The fraction of sp³-hybridized carbons (Fsp3) is 0.152. The first kappa shape index (κ1) is 28.1. The third kappa shape index (κ3) is 6.31.